The minimum Gasteiger partial charge on any atom is -0.379 e. The van der Waals surface area contributed by atoms with Gasteiger partial charge in [-0.2, -0.15) is 0 Å². The van der Waals surface area contributed by atoms with Crippen LogP contribution in [0, 0.1) is 11.8 Å². The molecule has 330 valence electrons. The Hall–Kier alpha value is -4.53. The van der Waals surface area contributed by atoms with Gasteiger partial charge in [0, 0.05) is 74.7 Å². The van der Waals surface area contributed by atoms with Crippen molar-refractivity contribution in [2.24, 2.45) is 22.6 Å². The fraction of sp³-hybridized carbons (Fsp3) is 0.622. The van der Waals surface area contributed by atoms with Crippen LogP contribution in [0.4, 0.5) is 5.69 Å². The maximum Gasteiger partial charge on any atom is 0.247 e. The number of methoxy groups -OCH3 is 2. The van der Waals surface area contributed by atoms with Crippen LogP contribution in [0.2, 0.25) is 0 Å². The molecular formula is C45H74N8O6. The first-order valence-electron chi connectivity index (χ1n) is 21.0. The molecule has 1 heterocycles. The number of likely N-dealkylation sites (N-methyl/N-ethyl adjacent to an activating group) is 1. The van der Waals surface area contributed by atoms with Gasteiger partial charge in [-0.05, 0) is 42.0 Å². The number of anilines is 1. The number of aliphatic imine (C=N–C) groups is 1. The van der Waals surface area contributed by atoms with E-state index in [4.69, 9.17) is 15.2 Å². The van der Waals surface area contributed by atoms with E-state index in [2.05, 4.69) is 43.3 Å². The monoisotopic (exact) mass is 823 g/mol. The number of hydrogen-bond donors (Lipinski definition) is 3. The van der Waals surface area contributed by atoms with Gasteiger partial charge in [0.25, 0.3) is 0 Å². The van der Waals surface area contributed by atoms with E-state index in [1.54, 1.807) is 50.1 Å². The second-order valence-electron chi connectivity index (χ2n) is 15.9. The van der Waals surface area contributed by atoms with Gasteiger partial charge in [-0.25, -0.2) is 4.99 Å². The molecule has 4 N–H and O–H groups in total. The Labute approximate surface area is 354 Å². The van der Waals surface area contributed by atoms with Gasteiger partial charge in [0.15, 0.2) is 5.96 Å². The Bertz CT molecular complexity index is 1600. The van der Waals surface area contributed by atoms with Gasteiger partial charge in [0.2, 0.25) is 23.6 Å². The molecule has 0 saturated carbocycles. The molecule has 0 radical (unpaired) electrons. The predicted molar refractivity (Wildman–Crippen MR) is 237 cm³/mol. The van der Waals surface area contributed by atoms with Gasteiger partial charge in [-0.1, -0.05) is 89.9 Å². The molecule has 2 aromatic rings. The minimum atomic E-state index is -0.872. The molecule has 4 amide bonds. The lowest BCUT2D eigenvalue weighted by atomic mass is 9.90. The van der Waals surface area contributed by atoms with E-state index >= 15 is 0 Å². The van der Waals surface area contributed by atoms with E-state index in [1.807, 2.05) is 80.5 Å². The molecule has 6 unspecified atom stereocenters. The second kappa shape index (κ2) is 25.8. The minimum absolute atomic E-state index is 0.0315. The molecule has 59 heavy (non-hydrogen) atoms. The average Bonchev–Trinajstić information content (AvgIpc) is 3.70. The number of nitrogens with two attached hydrogens (primary N) is 1. The molecule has 14 heteroatoms. The Morgan fingerprint density at radius 1 is 0.881 bits per heavy atom. The highest BCUT2D eigenvalue weighted by molar-refractivity contribution is 5.97. The first-order valence-corrected chi connectivity index (χ1v) is 21.0. The summed E-state index contributed by atoms with van der Waals surface area (Å²) in [5.74, 6) is -1.01. The van der Waals surface area contributed by atoms with Gasteiger partial charge < -0.3 is 45.4 Å². The Morgan fingerprint density at radius 3 is 2.02 bits per heavy atom. The first-order chi connectivity index (χ1) is 28.1. The van der Waals surface area contributed by atoms with Crippen molar-refractivity contribution in [3.63, 3.8) is 0 Å². The van der Waals surface area contributed by atoms with Crippen LogP contribution in [0.3, 0.4) is 0 Å². The maximum atomic E-state index is 14.2. The molecule has 14 nitrogen and oxygen atoms in total. The summed E-state index contributed by atoms with van der Waals surface area (Å²) in [6.45, 7) is 11.0. The van der Waals surface area contributed by atoms with Gasteiger partial charge in [-0.3, -0.25) is 19.2 Å². The van der Waals surface area contributed by atoms with Crippen LogP contribution in [0.5, 0.6) is 0 Å². The summed E-state index contributed by atoms with van der Waals surface area (Å²) in [6, 6.07) is 15.2. The maximum absolute atomic E-state index is 14.2. The molecule has 2 aromatic carbocycles. The number of amides is 4. The largest absolute Gasteiger partial charge is 0.379 e. The normalized spacial score (nSPS) is 16.6. The Morgan fingerprint density at radius 2 is 1.49 bits per heavy atom. The lowest BCUT2D eigenvalue weighted by Crippen LogP contribution is -2.54. The van der Waals surface area contributed by atoms with Gasteiger partial charge >= 0.3 is 0 Å². The van der Waals surface area contributed by atoms with Crippen LogP contribution < -0.4 is 16.4 Å². The van der Waals surface area contributed by atoms with Gasteiger partial charge in [0.05, 0.1) is 36.6 Å². The molecule has 1 aliphatic rings. The number of rotatable bonds is 19. The summed E-state index contributed by atoms with van der Waals surface area (Å²) in [5, 5.41) is 5.92. The van der Waals surface area contributed by atoms with E-state index in [9.17, 15) is 19.2 Å². The van der Waals surface area contributed by atoms with Gasteiger partial charge in [-0.15, -0.1) is 0 Å². The third-order valence-corrected chi connectivity index (χ3v) is 10.8. The molecule has 7 atom stereocenters. The van der Waals surface area contributed by atoms with E-state index in [0.29, 0.717) is 31.2 Å². The third kappa shape index (κ3) is 15.2. The molecule has 0 spiro atoms. The van der Waals surface area contributed by atoms with Crippen molar-refractivity contribution in [2.75, 3.05) is 67.9 Å². The highest BCUT2D eigenvalue weighted by Crippen LogP contribution is 2.29. The van der Waals surface area contributed by atoms with Crippen molar-refractivity contribution in [1.82, 2.24) is 24.9 Å². The highest BCUT2D eigenvalue weighted by atomic mass is 16.5. The zero-order valence-corrected chi connectivity index (χ0v) is 37.9. The molecule has 3 rings (SSSR count). The molecule has 0 aromatic heterocycles. The Kier molecular flexibility index (Phi) is 22.2. The fourth-order valence-corrected chi connectivity index (χ4v) is 7.57. The van der Waals surface area contributed by atoms with Crippen molar-refractivity contribution in [1.29, 1.82) is 0 Å². The SMILES string of the molecule is CCC.CCC(C)C(C(CC(=O)N1CCCC1C(OC)C(C)C(=O)N[C@@H](Cc1ccccc1)C(=O)Nc1ccc(CN)cc1)OC)N(C)C(=O)CN=C(N(C)C)N(C)C. The summed E-state index contributed by atoms with van der Waals surface area (Å²) in [7, 11) is 12.4. The van der Waals surface area contributed by atoms with Crippen LogP contribution in [-0.4, -0.2) is 142 Å². The molecule has 1 saturated heterocycles. The molecule has 0 aliphatic carbocycles. The van der Waals surface area contributed by atoms with Crippen LogP contribution in [0.1, 0.15) is 77.8 Å². The number of benzene rings is 2. The molecular weight excluding hydrogens is 749 g/mol. The lowest BCUT2D eigenvalue weighted by molar-refractivity contribution is -0.145. The van der Waals surface area contributed by atoms with Crippen molar-refractivity contribution >= 4 is 35.3 Å². The summed E-state index contributed by atoms with van der Waals surface area (Å²) in [4.78, 5) is 67.1. The van der Waals surface area contributed by atoms with Crippen LogP contribution >= 0.6 is 0 Å². The summed E-state index contributed by atoms with van der Waals surface area (Å²) in [5.41, 5.74) is 8.17. The van der Waals surface area contributed by atoms with Crippen LogP contribution in [0.25, 0.3) is 0 Å². The Balaban J connectivity index is 0.00000387. The van der Waals surface area contributed by atoms with Crippen molar-refractivity contribution in [2.45, 2.75) is 110 Å². The number of nitrogens with zero attached hydrogens (tertiary/aromatic N) is 5. The first kappa shape index (κ1) is 50.6. The highest BCUT2D eigenvalue weighted by Gasteiger charge is 2.42. The zero-order valence-electron chi connectivity index (χ0n) is 37.9. The summed E-state index contributed by atoms with van der Waals surface area (Å²) < 4.78 is 12.0. The number of carbonyl (C=O) groups excluding carboxylic acids is 4. The van der Waals surface area contributed by atoms with E-state index < -0.39 is 24.2 Å². The zero-order chi connectivity index (χ0) is 44.2. The number of carbonyl (C=O) groups is 4. The smallest absolute Gasteiger partial charge is 0.247 e. The van der Waals surface area contributed by atoms with Crippen molar-refractivity contribution < 1.29 is 28.7 Å². The standard InChI is InChI=1S/C42H66N8O6.C3H8/c1-11-28(2)38(49(8)37(52)27-44-42(47(4)5)48(6)7)35(55-9)25-36(51)50-23-15-18-34(50)39(56-10)29(3)40(53)46-33(24-30-16-13-12-14-17-30)41(54)45-32-21-19-31(26-43)20-22-32;1-3-2/h12-14,16-17,19-22,28-29,33-35,38-39H,11,15,18,23-27,43H2,1-10H3,(H,45,54)(H,46,53);3H2,1-2H3/t28?,29?,33-,34?,35?,38?,39?;/m0./s1. The van der Waals surface area contributed by atoms with Gasteiger partial charge in [0.1, 0.15) is 12.6 Å². The van der Waals surface area contributed by atoms with Crippen molar-refractivity contribution in [3.05, 3.63) is 65.7 Å². The predicted octanol–water partition coefficient (Wildman–Crippen LogP) is 4.63. The lowest BCUT2D eigenvalue weighted by Gasteiger charge is -2.39. The summed E-state index contributed by atoms with van der Waals surface area (Å²) in [6.07, 6.45) is 2.53. The third-order valence-electron chi connectivity index (χ3n) is 10.8. The number of nitrogens with one attached hydrogen (secondary N) is 2. The average molecular weight is 823 g/mol. The molecule has 1 fully saturated rings. The summed E-state index contributed by atoms with van der Waals surface area (Å²) >= 11 is 0. The second-order valence-corrected chi connectivity index (χ2v) is 15.9. The van der Waals surface area contributed by atoms with Crippen LogP contribution in [0.15, 0.2) is 59.6 Å². The topological polar surface area (TPSA) is 162 Å². The van der Waals surface area contributed by atoms with E-state index in [-0.39, 0.29) is 61.0 Å². The molecule has 0 bridgehead atoms. The fourth-order valence-electron chi connectivity index (χ4n) is 7.57. The number of ether oxygens (including phenoxy) is 2. The van der Waals surface area contributed by atoms with Crippen LogP contribution in [-0.2, 0) is 41.6 Å². The molecule has 1 aliphatic heterocycles. The number of guanidine groups is 1. The number of hydrogen-bond acceptors (Lipinski definition) is 8. The number of likely N-dealkylation sites (tertiary alicyclic amines) is 1. The quantitative estimate of drug-likeness (QED) is 0.136. The van der Waals surface area contributed by atoms with E-state index in [0.717, 1.165) is 24.0 Å². The van der Waals surface area contributed by atoms with E-state index in [1.165, 1.54) is 6.42 Å². The van der Waals surface area contributed by atoms with Crippen molar-refractivity contribution in [3.8, 4) is 0 Å².